The van der Waals surface area contributed by atoms with Crippen LogP contribution in [0.5, 0.6) is 0 Å². The van der Waals surface area contributed by atoms with Crippen LogP contribution in [0.25, 0.3) is 0 Å². The second kappa shape index (κ2) is 17.3. The third-order valence-corrected chi connectivity index (χ3v) is 6.53. The third-order valence-electron chi connectivity index (χ3n) is 5.88. The summed E-state index contributed by atoms with van der Waals surface area (Å²) in [5.41, 5.74) is 1.12. The number of rotatable bonds is 16. The molecule has 3 amide bonds. The topological polar surface area (TPSA) is 87.7 Å². The Labute approximate surface area is 228 Å². The van der Waals surface area contributed by atoms with E-state index in [1.54, 1.807) is 37.4 Å². The molecule has 2 atom stereocenters. The summed E-state index contributed by atoms with van der Waals surface area (Å²) in [7, 11) is 0. The van der Waals surface area contributed by atoms with Crippen molar-refractivity contribution < 1.29 is 19.1 Å². The zero-order valence-corrected chi connectivity index (χ0v) is 24.8. The molecule has 0 aliphatic rings. The van der Waals surface area contributed by atoms with Gasteiger partial charge in [0.15, 0.2) is 0 Å². The minimum absolute atomic E-state index is 0.191. The van der Waals surface area contributed by atoms with Gasteiger partial charge in [0, 0.05) is 13.1 Å². The fraction of sp³-hybridized carbons (Fsp3) is 0.690. The van der Waals surface area contributed by atoms with E-state index >= 15 is 0 Å². The van der Waals surface area contributed by atoms with Crippen molar-refractivity contribution in [2.24, 2.45) is 0 Å². The highest BCUT2D eigenvalue weighted by molar-refractivity contribution is 7.98. The molecule has 0 spiro atoms. The minimum atomic E-state index is -0.788. The molecule has 0 saturated heterocycles. The number of carbonyl (C=O) groups is 3. The van der Waals surface area contributed by atoms with Gasteiger partial charge in [-0.25, -0.2) is 4.79 Å². The maximum absolute atomic E-state index is 14.1. The Balaban J connectivity index is 3.41. The SMILES string of the molecule is CCCCCCN(C(=O)C(CCSC)NC(=O)OC(C)(C)C)C(C(=O)NCCCC)c1cccc(C)c1. The Morgan fingerprint density at radius 3 is 2.35 bits per heavy atom. The first-order chi connectivity index (χ1) is 17.5. The summed E-state index contributed by atoms with van der Waals surface area (Å²) in [5.74, 6) is 0.241. The van der Waals surface area contributed by atoms with Crippen molar-refractivity contribution in [3.63, 3.8) is 0 Å². The first-order valence-electron chi connectivity index (χ1n) is 13.7. The molecule has 0 fully saturated rings. The summed E-state index contributed by atoms with van der Waals surface area (Å²) >= 11 is 1.61. The first-order valence-corrected chi connectivity index (χ1v) is 15.1. The van der Waals surface area contributed by atoms with Crippen LogP contribution in [-0.4, -0.2) is 59.5 Å². The molecule has 37 heavy (non-hydrogen) atoms. The lowest BCUT2D eigenvalue weighted by atomic mass is 9.99. The lowest BCUT2D eigenvalue weighted by Crippen LogP contribution is -2.53. The number of alkyl carbamates (subject to hydrolysis) is 1. The van der Waals surface area contributed by atoms with Crippen LogP contribution in [-0.2, 0) is 14.3 Å². The lowest BCUT2D eigenvalue weighted by molar-refractivity contribution is -0.142. The molecule has 7 nitrogen and oxygen atoms in total. The van der Waals surface area contributed by atoms with Crippen molar-refractivity contribution in [3.05, 3.63) is 35.4 Å². The number of ether oxygens (including phenoxy) is 1. The third kappa shape index (κ3) is 12.7. The molecule has 210 valence electrons. The van der Waals surface area contributed by atoms with Crippen molar-refractivity contribution in [1.29, 1.82) is 0 Å². The second-order valence-corrected chi connectivity index (χ2v) is 11.5. The molecule has 1 aromatic carbocycles. The van der Waals surface area contributed by atoms with Gasteiger partial charge in [-0.1, -0.05) is 69.4 Å². The monoisotopic (exact) mass is 535 g/mol. The number of nitrogens with zero attached hydrogens (tertiary/aromatic N) is 1. The summed E-state index contributed by atoms with van der Waals surface area (Å²) in [6.07, 6.45) is 7.50. The van der Waals surface area contributed by atoms with E-state index in [0.717, 1.165) is 49.7 Å². The average molecular weight is 536 g/mol. The second-order valence-electron chi connectivity index (χ2n) is 10.5. The highest BCUT2D eigenvalue weighted by Gasteiger charge is 2.35. The van der Waals surface area contributed by atoms with Crippen molar-refractivity contribution in [1.82, 2.24) is 15.5 Å². The first kappa shape index (κ1) is 32.8. The van der Waals surface area contributed by atoms with Crippen LogP contribution in [0.2, 0.25) is 0 Å². The summed E-state index contributed by atoms with van der Waals surface area (Å²) in [5, 5.41) is 5.85. The molecule has 0 heterocycles. The lowest BCUT2D eigenvalue weighted by Gasteiger charge is -2.34. The Kier molecular flexibility index (Phi) is 15.4. The molecule has 0 aliphatic heterocycles. The Hall–Kier alpha value is -2.22. The number of aryl methyl sites for hydroxylation is 1. The Morgan fingerprint density at radius 1 is 1.05 bits per heavy atom. The van der Waals surface area contributed by atoms with Crippen LogP contribution < -0.4 is 10.6 Å². The minimum Gasteiger partial charge on any atom is -0.444 e. The predicted octanol–water partition coefficient (Wildman–Crippen LogP) is 6.01. The van der Waals surface area contributed by atoms with Crippen LogP contribution >= 0.6 is 11.8 Å². The van der Waals surface area contributed by atoms with E-state index in [-0.39, 0.29) is 11.8 Å². The van der Waals surface area contributed by atoms with Crippen LogP contribution in [0.1, 0.15) is 96.7 Å². The number of carbonyl (C=O) groups excluding carboxylic acids is 3. The molecular formula is C29H49N3O4S. The largest absolute Gasteiger partial charge is 0.444 e. The number of benzene rings is 1. The van der Waals surface area contributed by atoms with Gasteiger partial charge in [-0.2, -0.15) is 11.8 Å². The predicted molar refractivity (Wildman–Crippen MR) is 154 cm³/mol. The standard InChI is InChI=1S/C29H49N3O4S/c1-8-10-12-13-19-32(27(34)24(17-20-37-7)31-28(35)36-29(4,5)6)25(26(33)30-18-11-9-2)23-16-14-15-22(3)21-23/h14-16,21,24-25H,8-13,17-20H2,1-7H3,(H,30,33)(H,31,35). The maximum atomic E-state index is 14.1. The normalized spacial score (nSPS) is 12.9. The molecule has 1 aromatic rings. The molecule has 8 heteroatoms. The van der Waals surface area contributed by atoms with Crippen LogP contribution in [0.3, 0.4) is 0 Å². The van der Waals surface area contributed by atoms with Gasteiger partial charge in [0.2, 0.25) is 11.8 Å². The van der Waals surface area contributed by atoms with Gasteiger partial charge in [-0.3, -0.25) is 9.59 Å². The van der Waals surface area contributed by atoms with E-state index in [2.05, 4.69) is 24.5 Å². The van der Waals surface area contributed by atoms with Crippen molar-refractivity contribution in [2.45, 2.75) is 104 Å². The van der Waals surface area contributed by atoms with Gasteiger partial charge in [0.1, 0.15) is 17.7 Å². The van der Waals surface area contributed by atoms with Gasteiger partial charge in [0.05, 0.1) is 0 Å². The van der Waals surface area contributed by atoms with Crippen molar-refractivity contribution in [3.8, 4) is 0 Å². The molecule has 1 rings (SSSR count). The van der Waals surface area contributed by atoms with E-state index < -0.39 is 23.8 Å². The molecular weight excluding hydrogens is 486 g/mol. The number of nitrogens with one attached hydrogen (secondary N) is 2. The number of unbranched alkanes of at least 4 members (excludes halogenated alkanes) is 4. The number of amides is 3. The van der Waals surface area contributed by atoms with Crippen molar-refractivity contribution >= 4 is 29.7 Å². The summed E-state index contributed by atoms with van der Waals surface area (Å²) in [4.78, 5) is 42.0. The van der Waals surface area contributed by atoms with Crippen molar-refractivity contribution in [2.75, 3.05) is 25.1 Å². The quantitative estimate of drug-likeness (QED) is 0.253. The van der Waals surface area contributed by atoms with E-state index in [1.807, 2.05) is 37.4 Å². The summed E-state index contributed by atoms with van der Waals surface area (Å²) < 4.78 is 5.46. The highest BCUT2D eigenvalue weighted by atomic mass is 32.2. The fourth-order valence-electron chi connectivity index (χ4n) is 4.02. The van der Waals surface area contributed by atoms with Crippen LogP contribution in [0.4, 0.5) is 4.79 Å². The van der Waals surface area contributed by atoms with E-state index in [1.165, 1.54) is 0 Å². The Morgan fingerprint density at radius 2 is 1.76 bits per heavy atom. The summed E-state index contributed by atoms with van der Waals surface area (Å²) in [6, 6.07) is 6.21. The molecule has 0 bridgehead atoms. The van der Waals surface area contributed by atoms with Gasteiger partial charge in [0.25, 0.3) is 0 Å². The molecule has 0 aromatic heterocycles. The zero-order chi connectivity index (χ0) is 27.8. The number of hydrogen-bond donors (Lipinski definition) is 2. The molecule has 0 aliphatic carbocycles. The highest BCUT2D eigenvalue weighted by Crippen LogP contribution is 2.25. The molecule has 0 saturated carbocycles. The van der Waals surface area contributed by atoms with E-state index in [0.29, 0.717) is 25.3 Å². The van der Waals surface area contributed by atoms with Crippen LogP contribution in [0.15, 0.2) is 24.3 Å². The fourth-order valence-corrected chi connectivity index (χ4v) is 4.49. The molecule has 2 N–H and O–H groups in total. The smallest absolute Gasteiger partial charge is 0.408 e. The van der Waals surface area contributed by atoms with E-state index in [4.69, 9.17) is 4.74 Å². The van der Waals surface area contributed by atoms with Gasteiger partial charge < -0.3 is 20.3 Å². The molecule has 0 radical (unpaired) electrons. The van der Waals surface area contributed by atoms with Gasteiger partial charge in [-0.05, 0) is 64.5 Å². The van der Waals surface area contributed by atoms with E-state index in [9.17, 15) is 14.4 Å². The zero-order valence-electron chi connectivity index (χ0n) is 24.0. The molecule has 2 unspecified atom stereocenters. The summed E-state index contributed by atoms with van der Waals surface area (Å²) in [6.45, 7) is 12.6. The average Bonchev–Trinajstić information content (AvgIpc) is 2.82. The van der Waals surface area contributed by atoms with Gasteiger partial charge >= 0.3 is 6.09 Å². The van der Waals surface area contributed by atoms with Crippen LogP contribution in [0, 0.1) is 6.92 Å². The maximum Gasteiger partial charge on any atom is 0.408 e. The number of hydrogen-bond acceptors (Lipinski definition) is 5. The number of thioether (sulfide) groups is 1. The Bertz CT molecular complexity index is 841. The van der Waals surface area contributed by atoms with Gasteiger partial charge in [-0.15, -0.1) is 0 Å².